The fourth-order valence-corrected chi connectivity index (χ4v) is 4.71. The van der Waals surface area contributed by atoms with Crippen molar-refractivity contribution in [2.45, 2.75) is 26.3 Å². The molecule has 1 aliphatic rings. The summed E-state index contributed by atoms with van der Waals surface area (Å²) < 4.78 is 24.7. The minimum Gasteiger partial charge on any atom is -0.349 e. The number of sulfone groups is 1. The van der Waals surface area contributed by atoms with Gasteiger partial charge in [0.15, 0.2) is 9.84 Å². The van der Waals surface area contributed by atoms with Crippen LogP contribution < -0.4 is 5.32 Å². The van der Waals surface area contributed by atoms with Gasteiger partial charge in [-0.2, -0.15) is 5.10 Å². The molecule has 6 nitrogen and oxygen atoms in total. The summed E-state index contributed by atoms with van der Waals surface area (Å²) in [6.07, 6.45) is 3.65. The van der Waals surface area contributed by atoms with E-state index in [1.807, 2.05) is 48.9 Å². The van der Waals surface area contributed by atoms with Crippen molar-refractivity contribution in [1.82, 2.24) is 15.1 Å². The first-order chi connectivity index (χ1) is 11.9. The van der Waals surface area contributed by atoms with Crippen molar-refractivity contribution in [3.05, 3.63) is 53.4 Å². The average molecular weight is 359 g/mol. The summed E-state index contributed by atoms with van der Waals surface area (Å²) in [6, 6.07) is 9.50. The second-order valence-electron chi connectivity index (χ2n) is 6.27. The Hall–Kier alpha value is -2.41. The summed E-state index contributed by atoms with van der Waals surface area (Å²) in [5.74, 6) is -0.117. The van der Waals surface area contributed by atoms with Crippen molar-refractivity contribution < 1.29 is 13.2 Å². The van der Waals surface area contributed by atoms with E-state index >= 15 is 0 Å². The number of para-hydroxylation sites is 1. The molecule has 1 aromatic carbocycles. The molecular weight excluding hydrogens is 338 g/mol. The Kier molecular flexibility index (Phi) is 4.76. The van der Waals surface area contributed by atoms with Gasteiger partial charge in [-0.3, -0.25) is 4.79 Å². The van der Waals surface area contributed by atoms with Crippen molar-refractivity contribution in [3.63, 3.8) is 0 Å². The van der Waals surface area contributed by atoms with Crippen LogP contribution in [0, 0.1) is 13.8 Å². The molecule has 25 heavy (non-hydrogen) atoms. The Morgan fingerprint density at radius 2 is 2.00 bits per heavy atom. The number of nitrogens with zero attached hydrogens (tertiary/aromatic N) is 2. The lowest BCUT2D eigenvalue weighted by Gasteiger charge is -2.08. The van der Waals surface area contributed by atoms with Crippen LogP contribution in [0.15, 0.2) is 36.4 Å². The summed E-state index contributed by atoms with van der Waals surface area (Å²) in [5, 5.41) is 7.29. The highest BCUT2D eigenvalue weighted by atomic mass is 32.2. The zero-order valence-corrected chi connectivity index (χ0v) is 15.1. The molecule has 3 rings (SSSR count). The van der Waals surface area contributed by atoms with Crippen LogP contribution in [-0.4, -0.2) is 41.7 Å². The Labute approximate surface area is 147 Å². The van der Waals surface area contributed by atoms with Crippen LogP contribution >= 0.6 is 0 Å². The standard InChI is InChI=1S/C18H21N3O3S/c1-13-17(14(2)21(20-13)16-6-4-3-5-7-16)8-9-18(22)19-15-10-11-25(23,24)12-15/h3-9,15H,10-12H2,1-2H3,(H,19,22). The summed E-state index contributed by atoms with van der Waals surface area (Å²) in [7, 11) is -3.00. The van der Waals surface area contributed by atoms with E-state index in [9.17, 15) is 13.2 Å². The molecule has 1 amide bonds. The number of aryl methyl sites for hydroxylation is 1. The van der Waals surface area contributed by atoms with E-state index in [-0.39, 0.29) is 23.5 Å². The highest BCUT2D eigenvalue weighted by Crippen LogP contribution is 2.19. The van der Waals surface area contributed by atoms with Crippen LogP contribution in [0.1, 0.15) is 23.4 Å². The minimum absolute atomic E-state index is 0.0244. The molecule has 1 fully saturated rings. The summed E-state index contributed by atoms with van der Waals surface area (Å²) in [6.45, 7) is 3.85. The zero-order valence-electron chi connectivity index (χ0n) is 14.3. The first-order valence-electron chi connectivity index (χ1n) is 8.16. The lowest BCUT2D eigenvalue weighted by molar-refractivity contribution is -0.116. The molecule has 1 saturated heterocycles. The number of benzene rings is 1. The second-order valence-corrected chi connectivity index (χ2v) is 8.50. The number of nitrogens with one attached hydrogen (secondary N) is 1. The number of rotatable bonds is 4. The van der Waals surface area contributed by atoms with Gasteiger partial charge >= 0.3 is 0 Å². The molecule has 0 bridgehead atoms. The second kappa shape index (κ2) is 6.84. The van der Waals surface area contributed by atoms with Crippen molar-refractivity contribution >= 4 is 21.8 Å². The predicted molar refractivity (Wildman–Crippen MR) is 97.3 cm³/mol. The molecule has 1 N–H and O–H groups in total. The van der Waals surface area contributed by atoms with Gasteiger partial charge in [-0.05, 0) is 38.5 Å². The first-order valence-corrected chi connectivity index (χ1v) is 9.98. The summed E-state index contributed by atoms with van der Waals surface area (Å²) >= 11 is 0. The van der Waals surface area contributed by atoms with Gasteiger partial charge in [-0.25, -0.2) is 13.1 Å². The SMILES string of the molecule is Cc1nn(-c2ccccc2)c(C)c1C=CC(=O)NC1CCS(=O)(=O)C1. The van der Waals surface area contributed by atoms with Gasteiger partial charge in [0, 0.05) is 23.4 Å². The Morgan fingerprint density at radius 3 is 2.64 bits per heavy atom. The monoisotopic (exact) mass is 359 g/mol. The predicted octanol–water partition coefficient (Wildman–Crippen LogP) is 1.81. The van der Waals surface area contributed by atoms with Gasteiger partial charge in [-0.15, -0.1) is 0 Å². The van der Waals surface area contributed by atoms with Gasteiger partial charge < -0.3 is 5.32 Å². The van der Waals surface area contributed by atoms with Crippen molar-refractivity contribution in [1.29, 1.82) is 0 Å². The van der Waals surface area contributed by atoms with E-state index in [0.717, 1.165) is 22.6 Å². The fraction of sp³-hybridized carbons (Fsp3) is 0.333. The maximum Gasteiger partial charge on any atom is 0.244 e. The van der Waals surface area contributed by atoms with Crippen molar-refractivity contribution in [3.8, 4) is 5.69 Å². The van der Waals surface area contributed by atoms with Gasteiger partial charge in [0.05, 0.1) is 22.9 Å². The van der Waals surface area contributed by atoms with Gasteiger partial charge in [0.1, 0.15) is 0 Å². The van der Waals surface area contributed by atoms with Crippen LogP contribution in [-0.2, 0) is 14.6 Å². The molecule has 1 aliphatic heterocycles. The normalized spacial score (nSPS) is 19.4. The fourth-order valence-electron chi connectivity index (χ4n) is 3.03. The molecule has 1 unspecified atom stereocenters. The van der Waals surface area contributed by atoms with E-state index in [0.29, 0.717) is 6.42 Å². The highest BCUT2D eigenvalue weighted by Gasteiger charge is 2.28. The topological polar surface area (TPSA) is 81.1 Å². The lowest BCUT2D eigenvalue weighted by Crippen LogP contribution is -2.34. The number of hydrogen-bond donors (Lipinski definition) is 1. The third-order valence-electron chi connectivity index (χ3n) is 4.33. The Balaban J connectivity index is 1.73. The molecule has 2 aromatic rings. The van der Waals surface area contributed by atoms with Gasteiger partial charge in [-0.1, -0.05) is 18.2 Å². The average Bonchev–Trinajstić information content (AvgIpc) is 3.05. The van der Waals surface area contributed by atoms with Crippen LogP contribution in [0.25, 0.3) is 11.8 Å². The molecule has 7 heteroatoms. The number of carbonyl (C=O) groups excluding carboxylic acids is 1. The van der Waals surface area contributed by atoms with E-state index in [2.05, 4.69) is 10.4 Å². The van der Waals surface area contributed by atoms with Crippen LogP contribution in [0.4, 0.5) is 0 Å². The quantitative estimate of drug-likeness (QED) is 0.844. The molecule has 2 heterocycles. The maximum absolute atomic E-state index is 12.1. The number of carbonyl (C=O) groups is 1. The largest absolute Gasteiger partial charge is 0.349 e. The molecule has 0 spiro atoms. The third kappa shape index (κ3) is 3.99. The van der Waals surface area contributed by atoms with Crippen molar-refractivity contribution in [2.24, 2.45) is 0 Å². The number of hydrogen-bond acceptors (Lipinski definition) is 4. The van der Waals surface area contributed by atoms with E-state index in [1.54, 1.807) is 6.08 Å². The van der Waals surface area contributed by atoms with Crippen LogP contribution in [0.2, 0.25) is 0 Å². The molecule has 0 radical (unpaired) electrons. The zero-order chi connectivity index (χ0) is 18.0. The molecular formula is C18H21N3O3S. The smallest absolute Gasteiger partial charge is 0.244 e. The van der Waals surface area contributed by atoms with Crippen molar-refractivity contribution in [2.75, 3.05) is 11.5 Å². The Bertz CT molecular complexity index is 915. The Morgan fingerprint density at radius 1 is 1.28 bits per heavy atom. The number of aromatic nitrogens is 2. The maximum atomic E-state index is 12.1. The number of amides is 1. The van der Waals surface area contributed by atoms with Crippen LogP contribution in [0.5, 0.6) is 0 Å². The van der Waals surface area contributed by atoms with Gasteiger partial charge in [0.25, 0.3) is 0 Å². The highest BCUT2D eigenvalue weighted by molar-refractivity contribution is 7.91. The molecule has 1 aromatic heterocycles. The van der Waals surface area contributed by atoms with E-state index in [1.165, 1.54) is 6.08 Å². The summed E-state index contributed by atoms with van der Waals surface area (Å²) in [4.78, 5) is 12.1. The summed E-state index contributed by atoms with van der Waals surface area (Å²) in [5.41, 5.74) is 3.62. The third-order valence-corrected chi connectivity index (χ3v) is 6.10. The van der Waals surface area contributed by atoms with Crippen LogP contribution in [0.3, 0.4) is 0 Å². The molecule has 0 saturated carbocycles. The lowest BCUT2D eigenvalue weighted by atomic mass is 10.1. The van der Waals surface area contributed by atoms with E-state index < -0.39 is 9.84 Å². The minimum atomic E-state index is -3.00. The molecule has 1 atom stereocenters. The van der Waals surface area contributed by atoms with E-state index in [4.69, 9.17) is 0 Å². The first kappa shape index (κ1) is 17.4. The molecule has 132 valence electrons. The van der Waals surface area contributed by atoms with Gasteiger partial charge in [0.2, 0.25) is 5.91 Å². The molecule has 0 aliphatic carbocycles.